The molecule has 14 heavy (non-hydrogen) atoms. The van der Waals surface area contributed by atoms with Gasteiger partial charge in [-0.3, -0.25) is 0 Å². The van der Waals surface area contributed by atoms with Gasteiger partial charge in [0.2, 0.25) is 0 Å². The van der Waals surface area contributed by atoms with Gasteiger partial charge in [0.05, 0.1) is 5.03 Å². The van der Waals surface area contributed by atoms with Crippen molar-refractivity contribution in [2.24, 2.45) is 0 Å². The van der Waals surface area contributed by atoms with Crippen LogP contribution in [0.5, 0.6) is 0 Å². The first kappa shape index (κ1) is 10.9. The molecule has 0 unspecified atom stereocenters. The molecule has 0 aliphatic rings. The number of hydrogen-bond acceptors (Lipinski definition) is 0. The Bertz CT molecular complexity index is 361. The Hall–Kier alpha value is -1.15. The molecule has 1 rings (SSSR count). The number of hydrogen-bond donors (Lipinski definition) is 0. The standard InChI is InChI=1S/C11H12ClFN/c1-14(2)8-7-11(12)9-3-5-10(13)6-4-9/h3-8H,1-2H3/q+1/b11-7-. The molecule has 0 aliphatic carbocycles. The van der Waals surface area contributed by atoms with Crippen LogP contribution in [0.15, 0.2) is 30.3 Å². The first-order valence-corrected chi connectivity index (χ1v) is 4.60. The summed E-state index contributed by atoms with van der Waals surface area (Å²) < 4.78 is 14.5. The van der Waals surface area contributed by atoms with Crippen molar-refractivity contribution in [2.75, 3.05) is 14.1 Å². The van der Waals surface area contributed by atoms with Crippen LogP contribution in [-0.4, -0.2) is 24.9 Å². The first-order chi connectivity index (χ1) is 6.59. The minimum absolute atomic E-state index is 0.255. The van der Waals surface area contributed by atoms with Gasteiger partial charge in [0.15, 0.2) is 6.21 Å². The van der Waals surface area contributed by atoms with E-state index >= 15 is 0 Å². The lowest BCUT2D eigenvalue weighted by atomic mass is 10.2. The van der Waals surface area contributed by atoms with E-state index in [1.165, 1.54) is 12.1 Å². The van der Waals surface area contributed by atoms with Crippen LogP contribution in [0.4, 0.5) is 4.39 Å². The highest BCUT2D eigenvalue weighted by atomic mass is 35.5. The van der Waals surface area contributed by atoms with Gasteiger partial charge in [-0.2, -0.15) is 0 Å². The molecule has 0 bridgehead atoms. The van der Waals surface area contributed by atoms with E-state index in [2.05, 4.69) is 0 Å². The largest absolute Gasteiger partial charge is 0.241 e. The van der Waals surface area contributed by atoms with E-state index in [1.54, 1.807) is 18.2 Å². The molecule has 0 aromatic heterocycles. The average molecular weight is 213 g/mol. The van der Waals surface area contributed by atoms with E-state index in [9.17, 15) is 4.39 Å². The van der Waals surface area contributed by atoms with Gasteiger partial charge in [-0.1, -0.05) is 23.7 Å². The third-order valence-electron chi connectivity index (χ3n) is 1.64. The van der Waals surface area contributed by atoms with Gasteiger partial charge in [0.1, 0.15) is 19.9 Å². The Balaban J connectivity index is 2.89. The zero-order valence-corrected chi connectivity index (χ0v) is 8.92. The van der Waals surface area contributed by atoms with Crippen molar-refractivity contribution in [3.8, 4) is 0 Å². The van der Waals surface area contributed by atoms with Gasteiger partial charge < -0.3 is 0 Å². The van der Waals surface area contributed by atoms with Crippen LogP contribution in [-0.2, 0) is 0 Å². The van der Waals surface area contributed by atoms with Gasteiger partial charge in [-0.15, -0.1) is 0 Å². The molecule has 0 saturated heterocycles. The summed E-state index contributed by atoms with van der Waals surface area (Å²) in [4.78, 5) is 0. The maximum atomic E-state index is 12.6. The summed E-state index contributed by atoms with van der Waals surface area (Å²) in [6.07, 6.45) is 3.61. The molecule has 3 heteroatoms. The van der Waals surface area contributed by atoms with Gasteiger partial charge in [0.25, 0.3) is 0 Å². The number of halogens is 2. The fourth-order valence-corrected chi connectivity index (χ4v) is 1.10. The Morgan fingerprint density at radius 1 is 1.29 bits per heavy atom. The average Bonchev–Trinajstić information content (AvgIpc) is 2.15. The number of rotatable bonds is 2. The quantitative estimate of drug-likeness (QED) is 0.524. The SMILES string of the molecule is C[N+](C)=C/C=C(\Cl)c1ccc(F)cc1. The lowest BCUT2D eigenvalue weighted by Crippen LogP contribution is -1.95. The van der Waals surface area contributed by atoms with E-state index < -0.39 is 0 Å². The maximum Gasteiger partial charge on any atom is 0.164 e. The Morgan fingerprint density at radius 3 is 2.36 bits per heavy atom. The van der Waals surface area contributed by atoms with Crippen LogP contribution in [0, 0.1) is 5.82 Å². The fraction of sp³-hybridized carbons (Fsp3) is 0.182. The molecule has 0 saturated carbocycles. The number of nitrogens with zero attached hydrogens (tertiary/aromatic N) is 1. The van der Waals surface area contributed by atoms with Crippen molar-refractivity contribution < 1.29 is 8.97 Å². The predicted octanol–water partition coefficient (Wildman–Crippen LogP) is 2.75. The summed E-state index contributed by atoms with van der Waals surface area (Å²) >= 11 is 5.98. The molecule has 0 radical (unpaired) electrons. The van der Waals surface area contributed by atoms with Gasteiger partial charge >= 0.3 is 0 Å². The van der Waals surface area contributed by atoms with E-state index in [0.29, 0.717) is 5.03 Å². The zero-order valence-electron chi connectivity index (χ0n) is 8.17. The minimum Gasteiger partial charge on any atom is -0.241 e. The molecule has 0 aliphatic heterocycles. The minimum atomic E-state index is -0.255. The van der Waals surface area contributed by atoms with Crippen LogP contribution < -0.4 is 0 Å². The molecule has 74 valence electrons. The van der Waals surface area contributed by atoms with E-state index in [1.807, 2.05) is 24.9 Å². The normalized spacial score (nSPS) is 11.3. The van der Waals surface area contributed by atoms with Crippen LogP contribution >= 0.6 is 11.6 Å². The summed E-state index contributed by atoms with van der Waals surface area (Å²) in [6, 6.07) is 6.08. The van der Waals surface area contributed by atoms with E-state index in [4.69, 9.17) is 11.6 Å². The van der Waals surface area contributed by atoms with Crippen molar-refractivity contribution in [1.82, 2.24) is 0 Å². The lowest BCUT2D eigenvalue weighted by Gasteiger charge is -1.96. The Kier molecular flexibility index (Phi) is 3.84. The van der Waals surface area contributed by atoms with Crippen LogP contribution in [0.2, 0.25) is 0 Å². The zero-order chi connectivity index (χ0) is 10.6. The summed E-state index contributed by atoms with van der Waals surface area (Å²) in [5.74, 6) is -0.255. The molecular formula is C11H12ClFN+. The second-order valence-corrected chi connectivity index (χ2v) is 3.54. The first-order valence-electron chi connectivity index (χ1n) is 4.22. The van der Waals surface area contributed by atoms with Crippen molar-refractivity contribution >= 4 is 22.8 Å². The summed E-state index contributed by atoms with van der Waals surface area (Å²) in [5.41, 5.74) is 0.811. The van der Waals surface area contributed by atoms with Crippen molar-refractivity contribution in [2.45, 2.75) is 0 Å². The summed E-state index contributed by atoms with van der Waals surface area (Å²) in [6.45, 7) is 0. The molecule has 0 spiro atoms. The second kappa shape index (κ2) is 4.91. The van der Waals surface area contributed by atoms with Crippen molar-refractivity contribution in [1.29, 1.82) is 0 Å². The summed E-state index contributed by atoms with van der Waals surface area (Å²) in [7, 11) is 3.82. The molecular weight excluding hydrogens is 201 g/mol. The van der Waals surface area contributed by atoms with E-state index in [-0.39, 0.29) is 5.82 Å². The highest BCUT2D eigenvalue weighted by molar-refractivity contribution is 6.49. The number of benzene rings is 1. The smallest absolute Gasteiger partial charge is 0.164 e. The van der Waals surface area contributed by atoms with Crippen LogP contribution in [0.3, 0.4) is 0 Å². The van der Waals surface area contributed by atoms with Crippen molar-refractivity contribution in [3.63, 3.8) is 0 Å². The third-order valence-corrected chi connectivity index (χ3v) is 1.98. The third kappa shape index (κ3) is 3.30. The Labute approximate surface area is 88.1 Å². The van der Waals surface area contributed by atoms with Gasteiger partial charge in [-0.25, -0.2) is 8.97 Å². The van der Waals surface area contributed by atoms with E-state index in [0.717, 1.165) is 5.56 Å². The highest BCUT2D eigenvalue weighted by Gasteiger charge is 1.97. The molecule has 0 amide bonds. The topological polar surface area (TPSA) is 3.01 Å². The second-order valence-electron chi connectivity index (χ2n) is 3.13. The van der Waals surface area contributed by atoms with Crippen molar-refractivity contribution in [3.05, 3.63) is 41.7 Å². The molecule has 0 fully saturated rings. The molecule has 0 N–H and O–H groups in total. The maximum absolute atomic E-state index is 12.6. The van der Waals surface area contributed by atoms with Gasteiger partial charge in [0, 0.05) is 6.08 Å². The molecule has 1 aromatic rings. The van der Waals surface area contributed by atoms with Crippen LogP contribution in [0.1, 0.15) is 5.56 Å². The molecule has 0 heterocycles. The molecule has 0 atom stereocenters. The fourth-order valence-electron chi connectivity index (χ4n) is 0.920. The summed E-state index contributed by atoms with van der Waals surface area (Å²) in [5, 5.41) is 0.596. The predicted molar refractivity (Wildman–Crippen MR) is 58.4 cm³/mol. The number of allylic oxidation sites excluding steroid dienone is 1. The van der Waals surface area contributed by atoms with Gasteiger partial charge in [-0.05, 0) is 17.7 Å². The lowest BCUT2D eigenvalue weighted by molar-refractivity contribution is -0.458. The van der Waals surface area contributed by atoms with Crippen LogP contribution in [0.25, 0.3) is 5.03 Å². The monoisotopic (exact) mass is 212 g/mol. The Morgan fingerprint density at radius 2 is 1.86 bits per heavy atom. The highest BCUT2D eigenvalue weighted by Crippen LogP contribution is 2.17. The molecule has 1 aromatic carbocycles. The molecule has 1 nitrogen and oxygen atoms in total.